The van der Waals surface area contributed by atoms with E-state index < -0.39 is 0 Å². The maximum absolute atomic E-state index is 12.8. The first-order valence-electron chi connectivity index (χ1n) is 9.24. The van der Waals surface area contributed by atoms with E-state index in [1.165, 1.54) is 0 Å². The van der Waals surface area contributed by atoms with Gasteiger partial charge in [0.05, 0.1) is 0 Å². The second kappa shape index (κ2) is 7.37. The highest BCUT2D eigenvalue weighted by atomic mass is 32.1. The Hall–Kier alpha value is -3.70. The van der Waals surface area contributed by atoms with Crippen LogP contribution >= 0.6 is 11.3 Å². The summed E-state index contributed by atoms with van der Waals surface area (Å²) in [6.07, 6.45) is 0. The summed E-state index contributed by atoms with van der Waals surface area (Å²) in [4.78, 5) is 12.8. The predicted molar refractivity (Wildman–Crippen MR) is 117 cm³/mol. The molecule has 5 aromatic rings. The Labute approximate surface area is 171 Å². The summed E-state index contributed by atoms with van der Waals surface area (Å²) in [5.74, 6) is 0. The van der Waals surface area contributed by atoms with E-state index in [0.717, 1.165) is 27.6 Å². The zero-order chi connectivity index (χ0) is 19.6. The lowest BCUT2D eigenvalue weighted by Gasteiger charge is -2.06. The molecule has 0 aliphatic carbocycles. The van der Waals surface area contributed by atoms with Crippen LogP contribution in [0.5, 0.6) is 0 Å². The fourth-order valence-corrected chi connectivity index (χ4v) is 4.26. The zero-order valence-electron chi connectivity index (χ0n) is 15.4. The Balaban J connectivity index is 1.71. The average molecular weight is 397 g/mol. The van der Waals surface area contributed by atoms with E-state index in [-0.39, 0.29) is 5.63 Å². The molecule has 5 heteroatoms. The van der Waals surface area contributed by atoms with Crippen molar-refractivity contribution in [2.24, 2.45) is 0 Å². The molecule has 0 aliphatic rings. The summed E-state index contributed by atoms with van der Waals surface area (Å²) >= 11 is 1.55. The minimum absolute atomic E-state index is 0.350. The van der Waals surface area contributed by atoms with Crippen molar-refractivity contribution in [1.29, 1.82) is 0 Å². The number of aromatic nitrogens is 1. The van der Waals surface area contributed by atoms with Crippen LogP contribution in [0.1, 0.15) is 0 Å². The third kappa shape index (κ3) is 3.32. The largest absolute Gasteiger partial charge is 0.422 e. The third-order valence-electron chi connectivity index (χ3n) is 4.68. The second-order valence-electron chi connectivity index (χ2n) is 6.57. The van der Waals surface area contributed by atoms with Gasteiger partial charge in [-0.3, -0.25) is 0 Å². The fraction of sp³-hybridized carbons (Fsp3) is 0. The molecule has 0 atom stereocenters. The van der Waals surface area contributed by atoms with Crippen molar-refractivity contribution in [1.82, 2.24) is 0 Å². The van der Waals surface area contributed by atoms with Gasteiger partial charge in [-0.05, 0) is 36.4 Å². The number of hydrogen-bond acceptors (Lipinski definition) is 4. The molecule has 140 valence electrons. The maximum Gasteiger partial charge on any atom is 0.347 e. The summed E-state index contributed by atoms with van der Waals surface area (Å²) in [6.45, 7) is 0. The molecule has 2 aromatic heterocycles. The van der Waals surface area contributed by atoms with Gasteiger partial charge in [0, 0.05) is 10.8 Å². The van der Waals surface area contributed by atoms with Crippen LogP contribution in [0.4, 0.5) is 10.8 Å². The normalized spacial score (nSPS) is 10.9. The lowest BCUT2D eigenvalue weighted by molar-refractivity contribution is -0.563. The van der Waals surface area contributed by atoms with Crippen molar-refractivity contribution in [3.8, 4) is 16.9 Å². The maximum atomic E-state index is 12.8. The number of hydrogen-bond donors (Lipinski definition) is 1. The molecule has 0 aliphatic heterocycles. The molecule has 0 unspecified atom stereocenters. The fourth-order valence-electron chi connectivity index (χ4n) is 3.31. The second-order valence-corrected chi connectivity index (χ2v) is 7.43. The number of nitrogens with zero attached hydrogens (tertiary/aromatic N) is 1. The van der Waals surface area contributed by atoms with E-state index in [4.69, 9.17) is 4.42 Å². The van der Waals surface area contributed by atoms with Gasteiger partial charge in [-0.15, -0.1) is 0 Å². The molecule has 0 fully saturated rings. The first-order valence-corrected chi connectivity index (χ1v) is 10.1. The van der Waals surface area contributed by atoms with E-state index in [2.05, 4.69) is 9.88 Å². The van der Waals surface area contributed by atoms with Gasteiger partial charge in [0.25, 0.3) is 0 Å². The van der Waals surface area contributed by atoms with Gasteiger partial charge >= 0.3 is 10.8 Å². The highest BCUT2D eigenvalue weighted by Crippen LogP contribution is 2.27. The Bertz CT molecular complexity index is 1340. The molecule has 5 rings (SSSR count). The number of anilines is 2. The SMILES string of the molecule is O=c1oc2ccccc2cc1-c1csc(Nc2ccccc2)[n+]1-c1ccccc1. The highest BCUT2D eigenvalue weighted by Gasteiger charge is 2.24. The zero-order valence-corrected chi connectivity index (χ0v) is 16.2. The van der Waals surface area contributed by atoms with E-state index in [1.54, 1.807) is 11.3 Å². The Morgan fingerprint density at radius 1 is 0.828 bits per heavy atom. The number of benzene rings is 3. The standard InChI is InChI=1S/C24H16N2O2S/c27-23-20(15-17-9-7-8-14-22(17)28-23)21-16-29-24(25-18-10-3-1-4-11-18)26(21)19-12-5-2-6-13-19/h1-16H/p+1. The monoisotopic (exact) mass is 397 g/mol. The van der Waals surface area contributed by atoms with Crippen LogP contribution in [-0.2, 0) is 0 Å². The number of fused-ring (bicyclic) bond motifs is 1. The molecule has 1 N–H and O–H groups in total. The summed E-state index contributed by atoms with van der Waals surface area (Å²) in [6, 6.07) is 29.4. The number of nitrogens with one attached hydrogen (secondary N) is 1. The van der Waals surface area contributed by atoms with E-state index >= 15 is 0 Å². The number of thiazole rings is 1. The van der Waals surface area contributed by atoms with Crippen molar-refractivity contribution < 1.29 is 8.98 Å². The minimum atomic E-state index is -0.350. The lowest BCUT2D eigenvalue weighted by atomic mass is 10.1. The van der Waals surface area contributed by atoms with Crippen LogP contribution in [0.3, 0.4) is 0 Å². The molecule has 0 saturated carbocycles. The average Bonchev–Trinajstić information content (AvgIpc) is 3.17. The molecule has 0 bridgehead atoms. The van der Waals surface area contributed by atoms with Gasteiger partial charge in [-0.1, -0.05) is 65.9 Å². The molecule has 0 amide bonds. The van der Waals surface area contributed by atoms with Crippen molar-refractivity contribution in [2.75, 3.05) is 5.32 Å². The van der Waals surface area contributed by atoms with Gasteiger partial charge in [0.1, 0.15) is 22.5 Å². The smallest absolute Gasteiger partial charge is 0.347 e. The Morgan fingerprint density at radius 3 is 2.31 bits per heavy atom. The predicted octanol–water partition coefficient (Wildman–Crippen LogP) is 5.54. The highest BCUT2D eigenvalue weighted by molar-refractivity contribution is 7.13. The van der Waals surface area contributed by atoms with Crippen LogP contribution in [0.25, 0.3) is 27.9 Å². The molecular formula is C24H17N2O2S+. The van der Waals surface area contributed by atoms with Gasteiger partial charge in [-0.25, -0.2) is 10.1 Å². The van der Waals surface area contributed by atoms with Crippen LogP contribution in [0.15, 0.2) is 106 Å². The summed E-state index contributed by atoms with van der Waals surface area (Å²) in [7, 11) is 0. The van der Waals surface area contributed by atoms with E-state index in [0.29, 0.717) is 11.1 Å². The van der Waals surface area contributed by atoms with Gasteiger partial charge in [0.15, 0.2) is 5.69 Å². The molecule has 4 nitrogen and oxygen atoms in total. The van der Waals surface area contributed by atoms with Gasteiger partial charge < -0.3 is 4.42 Å². The summed E-state index contributed by atoms with van der Waals surface area (Å²) in [5, 5.41) is 7.25. The minimum Gasteiger partial charge on any atom is -0.422 e. The first kappa shape index (κ1) is 17.4. The Morgan fingerprint density at radius 2 is 1.52 bits per heavy atom. The molecule has 0 radical (unpaired) electrons. The van der Waals surface area contributed by atoms with Crippen molar-refractivity contribution in [3.05, 3.63) is 107 Å². The third-order valence-corrected chi connectivity index (χ3v) is 5.53. The summed E-state index contributed by atoms with van der Waals surface area (Å²) in [5.41, 5.74) is 3.51. The molecule has 2 heterocycles. The van der Waals surface area contributed by atoms with E-state index in [1.807, 2.05) is 96.4 Å². The summed E-state index contributed by atoms with van der Waals surface area (Å²) < 4.78 is 7.64. The lowest BCUT2D eigenvalue weighted by Crippen LogP contribution is -2.34. The van der Waals surface area contributed by atoms with Gasteiger partial charge in [-0.2, -0.15) is 4.57 Å². The molecule has 3 aromatic carbocycles. The molecular weight excluding hydrogens is 380 g/mol. The number of rotatable bonds is 4. The van der Waals surface area contributed by atoms with Crippen LogP contribution < -0.4 is 15.5 Å². The van der Waals surface area contributed by atoms with Crippen LogP contribution in [0.2, 0.25) is 0 Å². The molecule has 0 spiro atoms. The van der Waals surface area contributed by atoms with Crippen molar-refractivity contribution >= 4 is 33.1 Å². The van der Waals surface area contributed by atoms with Crippen molar-refractivity contribution in [2.45, 2.75) is 0 Å². The van der Waals surface area contributed by atoms with Crippen LogP contribution in [-0.4, -0.2) is 0 Å². The first-order chi connectivity index (χ1) is 14.3. The Kier molecular flexibility index (Phi) is 4.42. The molecule has 0 saturated heterocycles. The quantitative estimate of drug-likeness (QED) is 0.320. The van der Waals surface area contributed by atoms with E-state index in [9.17, 15) is 4.79 Å². The number of para-hydroxylation sites is 3. The topological polar surface area (TPSA) is 46.1 Å². The van der Waals surface area contributed by atoms with Gasteiger partial charge in [0.2, 0.25) is 0 Å². The van der Waals surface area contributed by atoms with Crippen LogP contribution in [0, 0.1) is 0 Å². The van der Waals surface area contributed by atoms with Crippen molar-refractivity contribution in [3.63, 3.8) is 0 Å². The molecule has 29 heavy (non-hydrogen) atoms.